The summed E-state index contributed by atoms with van der Waals surface area (Å²) in [5, 5.41) is 3.29. The van der Waals surface area contributed by atoms with Gasteiger partial charge in [-0.3, -0.25) is 9.69 Å². The number of amides is 1. The molecule has 6 nitrogen and oxygen atoms in total. The van der Waals surface area contributed by atoms with Crippen LogP contribution in [0.2, 0.25) is 10.0 Å². The highest BCUT2D eigenvalue weighted by molar-refractivity contribution is 7.89. The maximum absolute atomic E-state index is 12.8. The number of nitrogens with one attached hydrogen (secondary N) is 1. The van der Waals surface area contributed by atoms with Crippen LogP contribution in [0.3, 0.4) is 0 Å². The number of rotatable bonds is 6. The van der Waals surface area contributed by atoms with Crippen molar-refractivity contribution in [1.29, 1.82) is 0 Å². The van der Waals surface area contributed by atoms with Gasteiger partial charge in [0.2, 0.25) is 15.9 Å². The minimum Gasteiger partial charge on any atom is -0.352 e. The molecule has 1 amide bonds. The zero-order valence-corrected chi connectivity index (χ0v) is 16.9. The lowest BCUT2D eigenvalue weighted by atomic mass is 10.2. The molecule has 1 saturated carbocycles. The van der Waals surface area contributed by atoms with Crippen molar-refractivity contribution < 1.29 is 13.2 Å². The predicted octanol–water partition coefficient (Wildman–Crippen LogP) is 2.21. The van der Waals surface area contributed by atoms with Crippen LogP contribution >= 0.6 is 23.2 Å². The van der Waals surface area contributed by atoms with Crippen LogP contribution < -0.4 is 5.32 Å². The highest BCUT2D eigenvalue weighted by atomic mass is 35.5. The van der Waals surface area contributed by atoms with Gasteiger partial charge in [0.1, 0.15) is 4.90 Å². The first-order chi connectivity index (χ1) is 12.3. The maximum atomic E-state index is 12.8. The third-order valence-electron chi connectivity index (χ3n) is 4.95. The van der Waals surface area contributed by atoms with E-state index in [1.807, 2.05) is 11.8 Å². The second-order valence-electron chi connectivity index (χ2n) is 6.93. The number of piperazine rings is 1. The molecule has 1 N–H and O–H groups in total. The van der Waals surface area contributed by atoms with Gasteiger partial charge in [0.15, 0.2) is 0 Å². The van der Waals surface area contributed by atoms with E-state index >= 15 is 0 Å². The normalized spacial score (nSPS) is 20.7. The lowest BCUT2D eigenvalue weighted by molar-refractivity contribution is -0.123. The Labute approximate surface area is 164 Å². The Balaban J connectivity index is 1.56. The van der Waals surface area contributed by atoms with Crippen LogP contribution in [0.5, 0.6) is 0 Å². The summed E-state index contributed by atoms with van der Waals surface area (Å²) in [5.74, 6) is 0.613. The molecule has 2 aliphatic rings. The molecule has 1 heterocycles. The zero-order valence-electron chi connectivity index (χ0n) is 14.6. The van der Waals surface area contributed by atoms with Gasteiger partial charge in [0.05, 0.1) is 16.6 Å². The van der Waals surface area contributed by atoms with Crippen LogP contribution in [-0.2, 0) is 14.8 Å². The summed E-state index contributed by atoms with van der Waals surface area (Å²) in [6, 6.07) is 4.81. The summed E-state index contributed by atoms with van der Waals surface area (Å²) in [5.41, 5.74) is 0. The highest BCUT2D eigenvalue weighted by Gasteiger charge is 2.32. The van der Waals surface area contributed by atoms with Crippen molar-refractivity contribution in [2.24, 2.45) is 5.92 Å². The minimum atomic E-state index is -3.70. The number of nitrogens with zero attached hydrogens (tertiary/aromatic N) is 2. The molecule has 2 fully saturated rings. The van der Waals surface area contributed by atoms with Crippen molar-refractivity contribution >= 4 is 39.1 Å². The topological polar surface area (TPSA) is 69.7 Å². The number of halogens is 2. The fourth-order valence-corrected chi connectivity index (χ4v) is 5.33. The van der Waals surface area contributed by atoms with E-state index in [-0.39, 0.29) is 26.9 Å². The molecule has 26 heavy (non-hydrogen) atoms. The monoisotopic (exact) mass is 419 g/mol. The Kier molecular flexibility index (Phi) is 6.14. The van der Waals surface area contributed by atoms with E-state index in [9.17, 15) is 13.2 Å². The average molecular weight is 420 g/mol. The number of sulfonamides is 1. The molecule has 0 aromatic heterocycles. The van der Waals surface area contributed by atoms with Crippen molar-refractivity contribution in [3.63, 3.8) is 0 Å². The van der Waals surface area contributed by atoms with Crippen molar-refractivity contribution in [2.75, 3.05) is 32.7 Å². The number of hydrogen-bond donors (Lipinski definition) is 1. The first kappa shape index (κ1) is 19.9. The third-order valence-corrected chi connectivity index (χ3v) is 7.82. The molecule has 1 aromatic carbocycles. The van der Waals surface area contributed by atoms with Gasteiger partial charge in [0.25, 0.3) is 0 Å². The van der Waals surface area contributed by atoms with Crippen molar-refractivity contribution in [3.05, 3.63) is 28.2 Å². The van der Waals surface area contributed by atoms with Crippen molar-refractivity contribution in [2.45, 2.75) is 30.7 Å². The van der Waals surface area contributed by atoms with E-state index in [4.69, 9.17) is 23.2 Å². The van der Waals surface area contributed by atoms with Crippen LogP contribution in [-0.4, -0.2) is 62.3 Å². The van der Waals surface area contributed by atoms with Crippen LogP contribution in [0.25, 0.3) is 0 Å². The van der Waals surface area contributed by atoms with Crippen LogP contribution in [0, 0.1) is 5.92 Å². The Hall–Kier alpha value is -0.860. The second-order valence-corrected chi connectivity index (χ2v) is 9.62. The molecule has 3 rings (SSSR count). The van der Waals surface area contributed by atoms with Crippen LogP contribution in [0.1, 0.15) is 19.8 Å². The van der Waals surface area contributed by atoms with Gasteiger partial charge < -0.3 is 5.32 Å². The second kappa shape index (κ2) is 8.02. The summed E-state index contributed by atoms with van der Waals surface area (Å²) >= 11 is 12.0. The lowest BCUT2D eigenvalue weighted by Gasteiger charge is -2.33. The van der Waals surface area contributed by atoms with E-state index in [0.29, 0.717) is 38.6 Å². The summed E-state index contributed by atoms with van der Waals surface area (Å²) in [6.07, 6.45) is 2.37. The number of benzene rings is 1. The van der Waals surface area contributed by atoms with Crippen molar-refractivity contribution in [3.8, 4) is 0 Å². The Morgan fingerprint density at radius 2 is 1.88 bits per heavy atom. The van der Waals surface area contributed by atoms with E-state index < -0.39 is 10.0 Å². The summed E-state index contributed by atoms with van der Waals surface area (Å²) in [4.78, 5) is 14.1. The quantitative estimate of drug-likeness (QED) is 0.766. The summed E-state index contributed by atoms with van der Waals surface area (Å²) < 4.78 is 27.0. The summed E-state index contributed by atoms with van der Waals surface area (Å²) in [7, 11) is -3.70. The van der Waals surface area contributed by atoms with Crippen LogP contribution in [0.4, 0.5) is 0 Å². The summed E-state index contributed by atoms with van der Waals surface area (Å²) in [6.45, 7) is 3.97. The van der Waals surface area contributed by atoms with Gasteiger partial charge in [-0.1, -0.05) is 29.3 Å². The molecular formula is C17H23Cl2N3O3S. The van der Waals surface area contributed by atoms with Crippen molar-refractivity contribution in [1.82, 2.24) is 14.5 Å². The molecule has 0 radical (unpaired) electrons. The van der Waals surface area contributed by atoms with E-state index in [1.165, 1.54) is 23.2 Å². The van der Waals surface area contributed by atoms with E-state index in [2.05, 4.69) is 5.32 Å². The molecule has 1 aliphatic carbocycles. The third kappa shape index (κ3) is 4.51. The zero-order chi connectivity index (χ0) is 18.9. The highest BCUT2D eigenvalue weighted by Crippen LogP contribution is 2.32. The Bertz CT molecular complexity index is 775. The SMILES string of the molecule is C[C@H](NC(=O)CN1CCN(S(=O)(=O)c2cccc(Cl)c2Cl)CC1)C1CC1. The van der Waals surface area contributed by atoms with Gasteiger partial charge in [0, 0.05) is 32.2 Å². The molecule has 144 valence electrons. The fourth-order valence-electron chi connectivity index (χ4n) is 3.17. The maximum Gasteiger partial charge on any atom is 0.244 e. The number of carbonyl (C=O) groups excluding carboxylic acids is 1. The molecule has 0 spiro atoms. The van der Waals surface area contributed by atoms with E-state index in [1.54, 1.807) is 12.1 Å². The smallest absolute Gasteiger partial charge is 0.244 e. The van der Waals surface area contributed by atoms with Gasteiger partial charge in [-0.2, -0.15) is 4.31 Å². The number of carbonyl (C=O) groups is 1. The van der Waals surface area contributed by atoms with Gasteiger partial charge >= 0.3 is 0 Å². The first-order valence-electron chi connectivity index (χ1n) is 8.75. The molecule has 0 unspecified atom stereocenters. The lowest BCUT2D eigenvalue weighted by Crippen LogP contribution is -2.51. The molecule has 1 atom stereocenters. The molecular weight excluding hydrogens is 397 g/mol. The molecule has 0 bridgehead atoms. The predicted molar refractivity (Wildman–Crippen MR) is 102 cm³/mol. The van der Waals surface area contributed by atoms with Crippen LogP contribution in [0.15, 0.2) is 23.1 Å². The largest absolute Gasteiger partial charge is 0.352 e. The van der Waals surface area contributed by atoms with Gasteiger partial charge in [-0.25, -0.2) is 8.42 Å². The fraction of sp³-hybridized carbons (Fsp3) is 0.588. The first-order valence-corrected chi connectivity index (χ1v) is 10.9. The number of hydrogen-bond acceptors (Lipinski definition) is 4. The molecule has 9 heteroatoms. The average Bonchev–Trinajstić information content (AvgIpc) is 3.42. The molecule has 1 saturated heterocycles. The van der Waals surface area contributed by atoms with Gasteiger partial charge in [-0.05, 0) is 37.8 Å². The Morgan fingerprint density at radius 3 is 2.50 bits per heavy atom. The standard InChI is InChI=1S/C17H23Cl2N3O3S/c1-12(13-5-6-13)20-16(23)11-21-7-9-22(10-8-21)26(24,25)15-4-2-3-14(18)17(15)19/h2-4,12-13H,5-11H2,1H3,(H,20,23)/t12-/m0/s1. The van der Waals surface area contributed by atoms with E-state index in [0.717, 1.165) is 0 Å². The molecule has 1 aliphatic heterocycles. The van der Waals surface area contributed by atoms with Gasteiger partial charge in [-0.15, -0.1) is 0 Å². The Morgan fingerprint density at radius 1 is 1.23 bits per heavy atom. The minimum absolute atomic E-state index is 0.00130. The molecule has 1 aromatic rings.